The largest absolute Gasteiger partial charge is 0.283 e. The standard InChI is InChI=1S/C21H33BN6.ClH.Fe/c1-7-13-19(14(8-2)24-23-13)22(20-15(9-3)25-26-16(20)10-4)21-17(11-5)27-28-18(21)12-6;;/h7-12H2,1-6H3,(H,23,24)(H,25,26)(H,27,28);1H;. The molecule has 3 aromatic heterocycles. The van der Waals surface area contributed by atoms with E-state index in [0.29, 0.717) is 0 Å². The Morgan fingerprint density at radius 2 is 0.800 bits per heavy atom. The van der Waals surface area contributed by atoms with Crippen LogP contribution in [0.3, 0.4) is 0 Å². The predicted molar refractivity (Wildman–Crippen MR) is 124 cm³/mol. The molecule has 0 bridgehead atoms. The fraction of sp³-hybridized carbons (Fsp3) is 0.571. The van der Waals surface area contributed by atoms with Gasteiger partial charge in [0, 0.05) is 34.2 Å². The van der Waals surface area contributed by atoms with Crippen LogP contribution in [-0.4, -0.2) is 37.3 Å². The third kappa shape index (κ3) is 4.56. The third-order valence-electron chi connectivity index (χ3n) is 5.82. The molecule has 3 rings (SSSR count). The molecule has 0 aliphatic carbocycles. The van der Waals surface area contributed by atoms with E-state index in [0.717, 1.165) is 55.6 Å². The van der Waals surface area contributed by atoms with Gasteiger partial charge in [-0.25, -0.2) is 0 Å². The van der Waals surface area contributed by atoms with Crippen LogP contribution in [0.5, 0.6) is 0 Å². The molecule has 0 aliphatic rings. The molecule has 166 valence electrons. The molecule has 30 heavy (non-hydrogen) atoms. The molecular formula is C21H34BClFeN6. The van der Waals surface area contributed by atoms with E-state index in [-0.39, 0.29) is 36.2 Å². The summed E-state index contributed by atoms with van der Waals surface area (Å²) in [6.45, 7) is 13.2. The summed E-state index contributed by atoms with van der Waals surface area (Å²) in [6.07, 6.45) is 5.51. The molecule has 3 aromatic rings. The SMILES string of the molecule is CCc1n[nH]c(CC)c1B(c1c(CC)n[nH]c1CC)c1c(CC)n[nH]c1CC.Cl.[Fe]. The summed E-state index contributed by atoms with van der Waals surface area (Å²) in [5, 5.41) is 24.0. The molecule has 0 saturated heterocycles. The maximum absolute atomic E-state index is 4.68. The topological polar surface area (TPSA) is 86.0 Å². The van der Waals surface area contributed by atoms with E-state index < -0.39 is 0 Å². The van der Waals surface area contributed by atoms with Gasteiger partial charge in [0.25, 0.3) is 6.71 Å². The number of H-pyrrole nitrogens is 3. The average molecular weight is 473 g/mol. The zero-order valence-electron chi connectivity index (χ0n) is 18.9. The number of hydrogen-bond acceptors (Lipinski definition) is 3. The molecule has 6 nitrogen and oxygen atoms in total. The summed E-state index contributed by atoms with van der Waals surface area (Å²) >= 11 is 0. The maximum Gasteiger partial charge on any atom is 0.255 e. The molecule has 0 aliphatic heterocycles. The molecule has 0 aromatic carbocycles. The van der Waals surface area contributed by atoms with Gasteiger partial charge in [0.15, 0.2) is 0 Å². The van der Waals surface area contributed by atoms with Crippen molar-refractivity contribution in [2.45, 2.75) is 80.1 Å². The van der Waals surface area contributed by atoms with E-state index in [1.807, 2.05) is 0 Å². The van der Waals surface area contributed by atoms with Crippen LogP contribution in [0.2, 0.25) is 0 Å². The van der Waals surface area contributed by atoms with Crippen molar-refractivity contribution in [3.05, 3.63) is 34.2 Å². The van der Waals surface area contributed by atoms with Crippen molar-refractivity contribution in [2.75, 3.05) is 0 Å². The number of halogens is 1. The van der Waals surface area contributed by atoms with Gasteiger partial charge in [0.2, 0.25) is 0 Å². The number of aromatic nitrogens is 6. The summed E-state index contributed by atoms with van der Waals surface area (Å²) in [6, 6.07) is 0. The number of aryl methyl sites for hydroxylation is 6. The Kier molecular flexibility index (Phi) is 10.4. The molecule has 0 atom stereocenters. The van der Waals surface area contributed by atoms with Gasteiger partial charge in [0.05, 0.1) is 17.1 Å². The molecule has 9 heteroatoms. The van der Waals surface area contributed by atoms with Crippen LogP contribution in [0, 0.1) is 0 Å². The number of hydrogen-bond donors (Lipinski definition) is 3. The first-order valence-corrected chi connectivity index (χ1v) is 10.8. The van der Waals surface area contributed by atoms with Crippen molar-refractivity contribution in [1.29, 1.82) is 0 Å². The molecule has 3 N–H and O–H groups in total. The second kappa shape index (κ2) is 11.8. The van der Waals surface area contributed by atoms with Crippen LogP contribution < -0.4 is 16.4 Å². The van der Waals surface area contributed by atoms with Crippen molar-refractivity contribution in [3.63, 3.8) is 0 Å². The summed E-state index contributed by atoms with van der Waals surface area (Å²) in [7, 11) is 0. The van der Waals surface area contributed by atoms with Crippen molar-refractivity contribution in [2.24, 2.45) is 0 Å². The monoisotopic (exact) mass is 472 g/mol. The van der Waals surface area contributed by atoms with E-state index in [2.05, 4.69) is 72.1 Å². The first-order chi connectivity index (χ1) is 13.6. The summed E-state index contributed by atoms with van der Waals surface area (Å²) in [5.74, 6) is 0. The fourth-order valence-corrected chi connectivity index (χ4v) is 4.36. The number of rotatable bonds is 9. The zero-order chi connectivity index (χ0) is 20.3. The third-order valence-corrected chi connectivity index (χ3v) is 5.82. The zero-order valence-corrected chi connectivity index (χ0v) is 20.8. The Bertz CT molecular complexity index is 748. The van der Waals surface area contributed by atoms with Crippen LogP contribution in [-0.2, 0) is 55.6 Å². The van der Waals surface area contributed by atoms with Crippen LogP contribution >= 0.6 is 12.4 Å². The van der Waals surface area contributed by atoms with Gasteiger partial charge in [-0.1, -0.05) is 41.5 Å². The van der Waals surface area contributed by atoms with Gasteiger partial charge in [-0.3, -0.25) is 15.3 Å². The number of nitrogens with zero attached hydrogens (tertiary/aromatic N) is 3. The molecule has 0 spiro atoms. The van der Waals surface area contributed by atoms with E-state index in [1.165, 1.54) is 33.5 Å². The van der Waals surface area contributed by atoms with Crippen LogP contribution in [0.1, 0.15) is 75.7 Å². The van der Waals surface area contributed by atoms with Gasteiger partial charge in [-0.2, -0.15) is 15.3 Å². The molecular weight excluding hydrogens is 438 g/mol. The summed E-state index contributed by atoms with van der Waals surface area (Å²) in [4.78, 5) is 0. The van der Waals surface area contributed by atoms with E-state index in [1.54, 1.807) is 0 Å². The molecule has 0 unspecified atom stereocenters. The van der Waals surface area contributed by atoms with Gasteiger partial charge in [0.1, 0.15) is 0 Å². The van der Waals surface area contributed by atoms with E-state index in [4.69, 9.17) is 0 Å². The molecule has 0 amide bonds. The second-order valence-corrected chi connectivity index (χ2v) is 7.24. The van der Waals surface area contributed by atoms with E-state index >= 15 is 0 Å². The maximum atomic E-state index is 4.68. The Labute approximate surface area is 197 Å². The first-order valence-electron chi connectivity index (χ1n) is 10.8. The first kappa shape index (κ1) is 26.5. The minimum Gasteiger partial charge on any atom is -0.283 e. The molecule has 3 heterocycles. The summed E-state index contributed by atoms with van der Waals surface area (Å²) in [5.41, 5.74) is 11.1. The van der Waals surface area contributed by atoms with Crippen molar-refractivity contribution in [1.82, 2.24) is 30.6 Å². The van der Waals surface area contributed by atoms with Crippen LogP contribution in [0.15, 0.2) is 0 Å². The Morgan fingerprint density at radius 3 is 1.00 bits per heavy atom. The fourth-order valence-electron chi connectivity index (χ4n) is 4.36. The molecule has 0 fully saturated rings. The Balaban J connectivity index is 0.00000225. The Morgan fingerprint density at radius 1 is 0.533 bits per heavy atom. The minimum atomic E-state index is 0. The molecule has 0 radical (unpaired) electrons. The smallest absolute Gasteiger partial charge is 0.255 e. The Hall–Kier alpha value is -1.50. The quantitative estimate of drug-likeness (QED) is 0.417. The number of nitrogens with one attached hydrogen (secondary N) is 3. The van der Waals surface area contributed by atoms with Crippen molar-refractivity contribution >= 4 is 35.5 Å². The summed E-state index contributed by atoms with van der Waals surface area (Å²) < 4.78 is 0. The predicted octanol–water partition coefficient (Wildman–Crippen LogP) is 2.17. The normalized spacial score (nSPS) is 10.6. The van der Waals surface area contributed by atoms with Gasteiger partial charge < -0.3 is 0 Å². The van der Waals surface area contributed by atoms with Crippen molar-refractivity contribution < 1.29 is 17.1 Å². The van der Waals surface area contributed by atoms with E-state index in [9.17, 15) is 0 Å². The van der Waals surface area contributed by atoms with Crippen molar-refractivity contribution in [3.8, 4) is 0 Å². The van der Waals surface area contributed by atoms with Gasteiger partial charge >= 0.3 is 0 Å². The number of aromatic amines is 3. The second-order valence-electron chi connectivity index (χ2n) is 7.24. The molecule has 0 saturated carbocycles. The average Bonchev–Trinajstić information content (AvgIpc) is 3.44. The van der Waals surface area contributed by atoms with Gasteiger partial charge in [-0.05, 0) is 54.9 Å². The minimum absolute atomic E-state index is 0. The van der Waals surface area contributed by atoms with Gasteiger partial charge in [-0.15, -0.1) is 12.4 Å². The van der Waals surface area contributed by atoms with Crippen LogP contribution in [0.4, 0.5) is 0 Å². The van der Waals surface area contributed by atoms with Crippen LogP contribution in [0.25, 0.3) is 0 Å².